The predicted molar refractivity (Wildman–Crippen MR) is 119 cm³/mol. The van der Waals surface area contributed by atoms with Crippen molar-refractivity contribution in [2.24, 2.45) is 0 Å². The van der Waals surface area contributed by atoms with E-state index >= 15 is 0 Å². The summed E-state index contributed by atoms with van der Waals surface area (Å²) in [6, 6.07) is 10.6. The number of benzene rings is 1. The first-order valence-electron chi connectivity index (χ1n) is 10.6. The van der Waals surface area contributed by atoms with Crippen LogP contribution in [-0.2, 0) is 0 Å². The molecule has 0 atom stereocenters. The molecule has 0 amide bonds. The molecule has 0 heterocycles. The first kappa shape index (κ1) is 22.2. The Hall–Kier alpha value is -1.82. The lowest BCUT2D eigenvalue weighted by Crippen LogP contribution is -1.79. The maximum Gasteiger partial charge on any atom is -0.0169 e. The first-order chi connectivity index (χ1) is 12.9. The number of unbranched alkanes of at least 4 members (excludes halogenated alkanes) is 7. The Morgan fingerprint density at radius 1 is 0.577 bits per heavy atom. The van der Waals surface area contributed by atoms with Crippen LogP contribution in [0.3, 0.4) is 0 Å². The van der Waals surface area contributed by atoms with Gasteiger partial charge in [0.25, 0.3) is 0 Å². The van der Waals surface area contributed by atoms with Crippen LogP contribution in [0.2, 0.25) is 0 Å². The fourth-order valence-corrected chi connectivity index (χ4v) is 2.84. The van der Waals surface area contributed by atoms with Crippen LogP contribution in [0.25, 0.3) is 6.08 Å². The van der Waals surface area contributed by atoms with Gasteiger partial charge in [-0.25, -0.2) is 0 Å². The number of hydrogen-bond donors (Lipinski definition) is 0. The molecule has 0 fully saturated rings. The third-order valence-electron chi connectivity index (χ3n) is 4.38. The van der Waals surface area contributed by atoms with Gasteiger partial charge in [-0.2, -0.15) is 0 Å². The second-order valence-electron chi connectivity index (χ2n) is 6.81. The molecule has 1 rings (SSSR count). The number of hydrogen-bond acceptors (Lipinski definition) is 0. The third kappa shape index (κ3) is 14.5. The normalized spacial score (nSPS) is 12.3. The van der Waals surface area contributed by atoms with Crippen LogP contribution in [0.5, 0.6) is 0 Å². The van der Waals surface area contributed by atoms with Crippen LogP contribution >= 0.6 is 0 Å². The molecule has 0 aliphatic carbocycles. The van der Waals surface area contributed by atoms with Crippen molar-refractivity contribution in [3.63, 3.8) is 0 Å². The molecule has 0 radical (unpaired) electrons. The number of rotatable bonds is 15. The molecular formula is C26H38. The van der Waals surface area contributed by atoms with Crippen LogP contribution < -0.4 is 0 Å². The molecule has 0 N–H and O–H groups in total. The van der Waals surface area contributed by atoms with Crippen molar-refractivity contribution in [1.29, 1.82) is 0 Å². The minimum atomic E-state index is 1.07. The van der Waals surface area contributed by atoms with Gasteiger partial charge in [-0.1, -0.05) is 112 Å². The van der Waals surface area contributed by atoms with Crippen molar-refractivity contribution in [2.45, 2.75) is 77.6 Å². The minimum Gasteiger partial charge on any atom is -0.0885 e. The van der Waals surface area contributed by atoms with Crippen molar-refractivity contribution in [3.05, 3.63) is 78.4 Å². The van der Waals surface area contributed by atoms with E-state index < -0.39 is 0 Å². The van der Waals surface area contributed by atoms with E-state index in [1.54, 1.807) is 0 Å². The van der Waals surface area contributed by atoms with E-state index in [0.717, 1.165) is 19.3 Å². The van der Waals surface area contributed by atoms with Crippen LogP contribution in [0.15, 0.2) is 72.9 Å². The third-order valence-corrected chi connectivity index (χ3v) is 4.38. The maximum absolute atomic E-state index is 2.35. The van der Waals surface area contributed by atoms with Gasteiger partial charge < -0.3 is 0 Å². The van der Waals surface area contributed by atoms with Crippen LogP contribution in [0.4, 0.5) is 0 Å². The van der Waals surface area contributed by atoms with E-state index in [4.69, 9.17) is 0 Å². The van der Waals surface area contributed by atoms with Gasteiger partial charge in [-0.3, -0.25) is 0 Å². The molecule has 142 valence electrons. The summed E-state index contributed by atoms with van der Waals surface area (Å²) in [6.07, 6.45) is 32.1. The minimum absolute atomic E-state index is 1.07. The largest absolute Gasteiger partial charge is 0.0885 e. The summed E-state index contributed by atoms with van der Waals surface area (Å²) in [5.41, 5.74) is 1.31. The Kier molecular flexibility index (Phi) is 15.4. The first-order valence-corrected chi connectivity index (χ1v) is 10.6. The maximum atomic E-state index is 2.35. The molecule has 0 aliphatic rings. The summed E-state index contributed by atoms with van der Waals surface area (Å²) in [5, 5.41) is 0. The van der Waals surface area contributed by atoms with E-state index in [9.17, 15) is 0 Å². The fraction of sp³-hybridized carbons (Fsp3) is 0.462. The zero-order valence-electron chi connectivity index (χ0n) is 16.8. The van der Waals surface area contributed by atoms with Gasteiger partial charge in [0.1, 0.15) is 0 Å². The second-order valence-corrected chi connectivity index (χ2v) is 6.81. The Morgan fingerprint density at radius 2 is 1.12 bits per heavy atom. The molecule has 26 heavy (non-hydrogen) atoms. The van der Waals surface area contributed by atoms with E-state index in [2.05, 4.69) is 85.9 Å². The molecule has 1 aromatic rings. The monoisotopic (exact) mass is 350 g/mol. The highest BCUT2D eigenvalue weighted by Gasteiger charge is 1.90. The SMILES string of the molecule is CCC=CCC=CCC=CCCCCCCCCC=Cc1ccccc1. The average Bonchev–Trinajstić information content (AvgIpc) is 2.68. The molecule has 0 aliphatic heterocycles. The van der Waals surface area contributed by atoms with Gasteiger partial charge in [-0.05, 0) is 50.5 Å². The van der Waals surface area contributed by atoms with Gasteiger partial charge >= 0.3 is 0 Å². The zero-order valence-corrected chi connectivity index (χ0v) is 16.8. The molecule has 0 aromatic heterocycles. The molecule has 0 saturated carbocycles. The van der Waals surface area contributed by atoms with Crippen LogP contribution in [-0.4, -0.2) is 0 Å². The van der Waals surface area contributed by atoms with Crippen LogP contribution in [0, 0.1) is 0 Å². The van der Waals surface area contributed by atoms with Crippen molar-refractivity contribution < 1.29 is 0 Å². The van der Waals surface area contributed by atoms with Gasteiger partial charge in [-0.15, -0.1) is 0 Å². The highest BCUT2D eigenvalue weighted by molar-refractivity contribution is 5.48. The summed E-state index contributed by atoms with van der Waals surface area (Å²) in [5.74, 6) is 0. The van der Waals surface area contributed by atoms with Crippen LogP contribution in [0.1, 0.15) is 83.1 Å². The smallest absolute Gasteiger partial charge is 0.0169 e. The van der Waals surface area contributed by atoms with Gasteiger partial charge in [0, 0.05) is 0 Å². The molecule has 0 bridgehead atoms. The van der Waals surface area contributed by atoms with E-state index in [1.165, 1.54) is 56.9 Å². The molecule has 1 aromatic carbocycles. The molecule has 0 spiro atoms. The quantitative estimate of drug-likeness (QED) is 0.219. The Labute approximate surface area is 162 Å². The van der Waals surface area contributed by atoms with Crippen molar-refractivity contribution in [1.82, 2.24) is 0 Å². The lowest BCUT2D eigenvalue weighted by molar-refractivity contribution is 0.600. The lowest BCUT2D eigenvalue weighted by atomic mass is 10.1. The number of allylic oxidation sites excluding steroid dienone is 7. The van der Waals surface area contributed by atoms with Crippen molar-refractivity contribution in [3.8, 4) is 0 Å². The molecular weight excluding hydrogens is 312 g/mol. The van der Waals surface area contributed by atoms with Gasteiger partial charge in [0.2, 0.25) is 0 Å². The molecule has 0 nitrogen and oxygen atoms in total. The standard InChI is InChI=1S/C26H38/c1-2-3-4-5-6-7-8-9-10-11-12-13-14-15-16-17-18-20-23-26-24-21-19-22-25-26/h3-4,6-7,9-10,19-25H,2,5,8,11-18H2,1H3. The van der Waals surface area contributed by atoms with E-state index in [1.807, 2.05) is 0 Å². The molecule has 0 heteroatoms. The highest BCUT2D eigenvalue weighted by atomic mass is 14.0. The summed E-state index contributed by atoms with van der Waals surface area (Å²) < 4.78 is 0. The Balaban J connectivity index is 1.84. The summed E-state index contributed by atoms with van der Waals surface area (Å²) >= 11 is 0. The molecule has 0 unspecified atom stereocenters. The van der Waals surface area contributed by atoms with Gasteiger partial charge in [0.15, 0.2) is 0 Å². The van der Waals surface area contributed by atoms with Gasteiger partial charge in [0.05, 0.1) is 0 Å². The predicted octanol–water partition coefficient (Wildman–Crippen LogP) is 8.68. The summed E-state index contributed by atoms with van der Waals surface area (Å²) in [6.45, 7) is 2.17. The highest BCUT2D eigenvalue weighted by Crippen LogP contribution is 2.10. The van der Waals surface area contributed by atoms with E-state index in [-0.39, 0.29) is 0 Å². The Morgan fingerprint density at radius 3 is 1.77 bits per heavy atom. The summed E-state index contributed by atoms with van der Waals surface area (Å²) in [4.78, 5) is 0. The fourth-order valence-electron chi connectivity index (χ4n) is 2.84. The average molecular weight is 351 g/mol. The second kappa shape index (κ2) is 18.0. The van der Waals surface area contributed by atoms with Crippen molar-refractivity contribution in [2.75, 3.05) is 0 Å². The topological polar surface area (TPSA) is 0 Å². The lowest BCUT2D eigenvalue weighted by Gasteiger charge is -1.99. The zero-order chi connectivity index (χ0) is 18.5. The molecule has 0 saturated heterocycles. The summed E-state index contributed by atoms with van der Waals surface area (Å²) in [7, 11) is 0. The van der Waals surface area contributed by atoms with Crippen molar-refractivity contribution >= 4 is 6.08 Å². The Bertz CT molecular complexity index is 516. The van der Waals surface area contributed by atoms with E-state index in [0.29, 0.717) is 0 Å².